The Hall–Kier alpha value is -2.61. The molecule has 0 fully saturated rings. The van der Waals surface area contributed by atoms with E-state index in [4.69, 9.17) is 9.47 Å². The summed E-state index contributed by atoms with van der Waals surface area (Å²) in [5, 5.41) is 4.15. The van der Waals surface area contributed by atoms with Gasteiger partial charge in [-0.25, -0.2) is 14.6 Å². The topological polar surface area (TPSA) is 80.8 Å². The fraction of sp³-hybridized carbons (Fsp3) is 0.450. The van der Waals surface area contributed by atoms with E-state index in [2.05, 4.69) is 10.3 Å². The fourth-order valence-electron chi connectivity index (χ4n) is 2.81. The van der Waals surface area contributed by atoms with Crippen LogP contribution in [0.15, 0.2) is 24.3 Å². The highest BCUT2D eigenvalue weighted by Gasteiger charge is 2.27. The van der Waals surface area contributed by atoms with Crippen LogP contribution < -0.4 is 5.32 Å². The number of carbonyl (C=O) groups excluding carboxylic acids is 2. The molecule has 0 atom stereocenters. The predicted octanol–water partition coefficient (Wildman–Crippen LogP) is 3.84. The smallest absolute Gasteiger partial charge is 0.410 e. The molecule has 2 heterocycles. The van der Waals surface area contributed by atoms with E-state index in [0.29, 0.717) is 25.2 Å². The lowest BCUT2D eigenvalue weighted by Crippen LogP contribution is -2.39. The molecule has 0 saturated carbocycles. The summed E-state index contributed by atoms with van der Waals surface area (Å²) < 4.78 is 10.2. The summed E-state index contributed by atoms with van der Waals surface area (Å²) in [5.74, 6) is -0.346. The van der Waals surface area contributed by atoms with E-state index >= 15 is 0 Å². The van der Waals surface area contributed by atoms with Gasteiger partial charge in [0, 0.05) is 24.4 Å². The lowest BCUT2D eigenvalue weighted by Gasteiger charge is -2.29. The molecule has 1 aliphatic heterocycles. The van der Waals surface area contributed by atoms with Crippen molar-refractivity contribution in [2.45, 2.75) is 45.9 Å². The Labute approximate surface area is 168 Å². The molecule has 1 aliphatic rings. The molecule has 0 bridgehead atoms. The van der Waals surface area contributed by atoms with E-state index in [9.17, 15) is 9.59 Å². The van der Waals surface area contributed by atoms with Crippen LogP contribution in [0.3, 0.4) is 0 Å². The molecule has 1 aromatic heterocycles. The third kappa shape index (κ3) is 5.01. The first-order valence-corrected chi connectivity index (χ1v) is 9.94. The molecule has 2 aromatic rings. The Morgan fingerprint density at radius 1 is 1.25 bits per heavy atom. The number of esters is 1. The molecule has 1 aromatic carbocycles. The largest absolute Gasteiger partial charge is 0.465 e. The van der Waals surface area contributed by atoms with Crippen molar-refractivity contribution >= 4 is 28.5 Å². The number of methoxy groups -OCH3 is 1. The number of aromatic nitrogens is 1. The van der Waals surface area contributed by atoms with Gasteiger partial charge in [-0.2, -0.15) is 0 Å². The summed E-state index contributed by atoms with van der Waals surface area (Å²) in [4.78, 5) is 31.2. The summed E-state index contributed by atoms with van der Waals surface area (Å²) in [6.07, 6.45) is 0.437. The van der Waals surface area contributed by atoms with E-state index in [1.165, 1.54) is 7.11 Å². The van der Waals surface area contributed by atoms with Crippen molar-refractivity contribution in [3.63, 3.8) is 0 Å². The molecule has 1 N–H and O–H groups in total. The molecule has 0 aliphatic carbocycles. The highest BCUT2D eigenvalue weighted by Crippen LogP contribution is 2.29. The van der Waals surface area contributed by atoms with Crippen LogP contribution in [0.5, 0.6) is 0 Å². The van der Waals surface area contributed by atoms with Crippen molar-refractivity contribution in [3.05, 3.63) is 46.0 Å². The van der Waals surface area contributed by atoms with E-state index in [1.807, 2.05) is 32.9 Å². The number of fused-ring (bicyclic) bond motifs is 1. The van der Waals surface area contributed by atoms with Gasteiger partial charge in [-0.3, -0.25) is 0 Å². The number of rotatable bonds is 4. The number of anilines is 1. The minimum Gasteiger partial charge on any atom is -0.465 e. The van der Waals surface area contributed by atoms with Crippen LogP contribution in [0.1, 0.15) is 47.3 Å². The molecule has 0 radical (unpaired) electrons. The summed E-state index contributed by atoms with van der Waals surface area (Å²) >= 11 is 1.56. The molecule has 1 amide bonds. The predicted molar refractivity (Wildman–Crippen MR) is 108 cm³/mol. The summed E-state index contributed by atoms with van der Waals surface area (Å²) in [5.41, 5.74) is 2.10. The highest BCUT2D eigenvalue weighted by molar-refractivity contribution is 7.15. The molecule has 0 saturated heterocycles. The molecule has 28 heavy (non-hydrogen) atoms. The van der Waals surface area contributed by atoms with Gasteiger partial charge in [0.05, 0.1) is 24.9 Å². The minimum absolute atomic E-state index is 0.285. The number of ether oxygens (including phenoxy) is 2. The Morgan fingerprint density at radius 3 is 2.61 bits per heavy atom. The molecular weight excluding hydrogens is 378 g/mol. The van der Waals surface area contributed by atoms with E-state index in [-0.39, 0.29) is 12.1 Å². The number of thiazole rings is 1. The number of nitrogens with one attached hydrogen (secondary N) is 1. The van der Waals surface area contributed by atoms with Gasteiger partial charge >= 0.3 is 12.1 Å². The van der Waals surface area contributed by atoms with Crippen LogP contribution in [0.4, 0.5) is 9.93 Å². The molecule has 8 heteroatoms. The lowest BCUT2D eigenvalue weighted by atomic mass is 10.1. The zero-order valence-electron chi connectivity index (χ0n) is 16.6. The first kappa shape index (κ1) is 20.1. The Bertz CT molecular complexity index is 855. The maximum absolute atomic E-state index is 12.3. The van der Waals surface area contributed by atoms with Crippen molar-refractivity contribution in [3.8, 4) is 0 Å². The zero-order valence-corrected chi connectivity index (χ0v) is 17.4. The minimum atomic E-state index is -0.499. The number of hydrogen-bond donors (Lipinski definition) is 1. The molecular formula is C20H25N3O4S. The van der Waals surface area contributed by atoms with Gasteiger partial charge in [-0.15, -0.1) is 0 Å². The van der Waals surface area contributed by atoms with Crippen LogP contribution in [0, 0.1) is 0 Å². The molecule has 3 rings (SSSR count). The van der Waals surface area contributed by atoms with Crippen molar-refractivity contribution in [2.75, 3.05) is 19.0 Å². The van der Waals surface area contributed by atoms with Gasteiger partial charge < -0.3 is 19.7 Å². The Morgan fingerprint density at radius 2 is 1.96 bits per heavy atom. The number of carbonyl (C=O) groups is 2. The quantitative estimate of drug-likeness (QED) is 0.782. The SMILES string of the molecule is COC(=O)c1ccc(CNc2nc3c(s2)CN(C(=O)OC(C)(C)C)CC3)cc1. The van der Waals surface area contributed by atoms with Crippen molar-refractivity contribution < 1.29 is 19.1 Å². The second kappa shape index (κ2) is 8.18. The second-order valence-corrected chi connectivity index (χ2v) is 8.67. The maximum atomic E-state index is 12.3. The highest BCUT2D eigenvalue weighted by atomic mass is 32.1. The first-order chi connectivity index (χ1) is 13.2. The van der Waals surface area contributed by atoms with Crippen LogP contribution >= 0.6 is 11.3 Å². The van der Waals surface area contributed by atoms with Crippen molar-refractivity contribution in [2.24, 2.45) is 0 Å². The van der Waals surface area contributed by atoms with Crippen LogP contribution in [0.2, 0.25) is 0 Å². The first-order valence-electron chi connectivity index (χ1n) is 9.13. The average Bonchev–Trinajstić information content (AvgIpc) is 3.07. The number of hydrogen-bond acceptors (Lipinski definition) is 7. The molecule has 0 unspecified atom stereocenters. The Balaban J connectivity index is 1.58. The second-order valence-electron chi connectivity index (χ2n) is 7.58. The van der Waals surface area contributed by atoms with E-state index in [0.717, 1.165) is 27.7 Å². The number of benzene rings is 1. The normalized spacial score (nSPS) is 13.6. The van der Waals surface area contributed by atoms with Gasteiger partial charge in [-0.1, -0.05) is 23.5 Å². The summed E-state index contributed by atoms with van der Waals surface area (Å²) in [7, 11) is 1.37. The molecule has 150 valence electrons. The van der Waals surface area contributed by atoms with Gasteiger partial charge in [0.25, 0.3) is 0 Å². The van der Waals surface area contributed by atoms with Crippen LogP contribution in [-0.2, 0) is 29.0 Å². The standard InChI is InChI=1S/C20H25N3O4S/c1-20(2,3)27-19(25)23-10-9-15-16(12-23)28-18(22-15)21-11-13-5-7-14(8-6-13)17(24)26-4/h5-8H,9-12H2,1-4H3,(H,21,22). The van der Waals surface area contributed by atoms with Gasteiger partial charge in [0.2, 0.25) is 0 Å². The molecule has 0 spiro atoms. The van der Waals surface area contributed by atoms with E-state index in [1.54, 1.807) is 28.4 Å². The van der Waals surface area contributed by atoms with Crippen LogP contribution in [0.25, 0.3) is 0 Å². The summed E-state index contributed by atoms with van der Waals surface area (Å²) in [6, 6.07) is 7.26. The summed E-state index contributed by atoms with van der Waals surface area (Å²) in [6.45, 7) is 7.34. The third-order valence-electron chi connectivity index (χ3n) is 4.20. The van der Waals surface area contributed by atoms with Gasteiger partial charge in [-0.05, 0) is 38.5 Å². The van der Waals surface area contributed by atoms with Crippen LogP contribution in [-0.4, -0.2) is 41.2 Å². The Kier molecular flexibility index (Phi) is 5.88. The van der Waals surface area contributed by atoms with Crippen molar-refractivity contribution in [1.29, 1.82) is 0 Å². The van der Waals surface area contributed by atoms with Gasteiger partial charge in [0.1, 0.15) is 5.60 Å². The fourth-order valence-corrected chi connectivity index (χ4v) is 3.83. The number of amides is 1. The van der Waals surface area contributed by atoms with Gasteiger partial charge in [0.15, 0.2) is 5.13 Å². The third-order valence-corrected chi connectivity index (χ3v) is 5.24. The van der Waals surface area contributed by atoms with E-state index < -0.39 is 5.60 Å². The average molecular weight is 404 g/mol. The zero-order chi connectivity index (χ0) is 20.3. The monoisotopic (exact) mass is 403 g/mol. The maximum Gasteiger partial charge on any atom is 0.410 e. The lowest BCUT2D eigenvalue weighted by molar-refractivity contribution is 0.0225. The van der Waals surface area contributed by atoms with Crippen molar-refractivity contribution in [1.82, 2.24) is 9.88 Å². The molecule has 7 nitrogen and oxygen atoms in total. The number of nitrogens with zero attached hydrogens (tertiary/aromatic N) is 2.